The summed E-state index contributed by atoms with van der Waals surface area (Å²) in [5.74, 6) is -2.83. The van der Waals surface area contributed by atoms with Crippen LogP contribution in [0.15, 0.2) is 18.2 Å². The normalized spacial score (nSPS) is 18.3. The maximum Gasteiger partial charge on any atom is 0.314 e. The van der Waals surface area contributed by atoms with Crippen LogP contribution in [0.2, 0.25) is 0 Å². The van der Waals surface area contributed by atoms with E-state index in [1.807, 2.05) is 0 Å². The summed E-state index contributed by atoms with van der Waals surface area (Å²) >= 11 is 0. The number of aliphatic carboxylic acids is 2. The number of ether oxygens (including phenoxy) is 1. The molecule has 1 aromatic rings. The van der Waals surface area contributed by atoms with Gasteiger partial charge < -0.3 is 35.4 Å². The number of carbonyl (C=O) groups is 2. The molecule has 0 spiro atoms. The van der Waals surface area contributed by atoms with Crippen LogP contribution in [0.4, 0.5) is 0 Å². The lowest BCUT2D eigenvalue weighted by Crippen LogP contribution is -2.38. The van der Waals surface area contributed by atoms with Crippen LogP contribution >= 0.6 is 0 Å². The Hall–Kier alpha value is -2.20. The van der Waals surface area contributed by atoms with E-state index in [9.17, 15) is 40.2 Å². The Kier molecular flexibility index (Phi) is 6.72. The van der Waals surface area contributed by atoms with E-state index in [1.165, 1.54) is 32.2 Å². The highest BCUT2D eigenvalue weighted by Crippen LogP contribution is 2.41. The van der Waals surface area contributed by atoms with Crippen LogP contribution in [-0.4, -0.2) is 62.9 Å². The number of rotatable bonds is 9. The maximum absolute atomic E-state index is 11.4. The lowest BCUT2D eigenvalue weighted by atomic mass is 9.79. The van der Waals surface area contributed by atoms with Crippen LogP contribution in [0, 0.1) is 10.8 Å². The average molecular weight is 372 g/mol. The van der Waals surface area contributed by atoms with Gasteiger partial charge in [-0.15, -0.1) is 0 Å². The Bertz CT molecular complexity index is 674. The second-order valence-corrected chi connectivity index (χ2v) is 6.57. The molecule has 0 bridgehead atoms. The van der Waals surface area contributed by atoms with Crippen LogP contribution in [0.25, 0.3) is 0 Å². The van der Waals surface area contributed by atoms with Gasteiger partial charge in [0.25, 0.3) is 0 Å². The third-order valence-electron chi connectivity index (χ3n) is 4.71. The summed E-state index contributed by atoms with van der Waals surface area (Å²) in [6.07, 6.45) is -3.22. The zero-order valence-electron chi connectivity index (χ0n) is 14.7. The summed E-state index contributed by atoms with van der Waals surface area (Å²) in [4.78, 5) is 22.8. The molecule has 1 rings (SSSR count). The molecule has 0 radical (unpaired) electrons. The van der Waals surface area contributed by atoms with Crippen molar-refractivity contribution in [1.29, 1.82) is 0 Å². The van der Waals surface area contributed by atoms with Crippen molar-refractivity contribution in [2.24, 2.45) is 10.8 Å². The predicted molar refractivity (Wildman–Crippen MR) is 88.6 cm³/mol. The Balaban J connectivity index is 3.39. The molecule has 1 aromatic carbocycles. The molecule has 26 heavy (non-hydrogen) atoms. The van der Waals surface area contributed by atoms with Gasteiger partial charge in [-0.1, -0.05) is 12.1 Å². The second kappa shape index (κ2) is 8.00. The first-order chi connectivity index (χ1) is 12.0. The van der Waals surface area contributed by atoms with Crippen molar-refractivity contribution in [3.05, 3.63) is 29.3 Å². The number of carboxylic acids is 2. The molecule has 0 saturated carbocycles. The molecule has 0 heterocycles. The van der Waals surface area contributed by atoms with Crippen molar-refractivity contribution in [1.82, 2.24) is 0 Å². The Morgan fingerprint density at radius 1 is 1.00 bits per heavy atom. The van der Waals surface area contributed by atoms with E-state index in [-0.39, 0.29) is 16.9 Å². The molecule has 146 valence electrons. The number of methoxy groups -OCH3 is 1. The highest BCUT2D eigenvalue weighted by molar-refractivity contribution is 5.76. The fourth-order valence-electron chi connectivity index (χ4n) is 2.38. The molecular formula is C17H24O9. The number of carboxylic acid groups (broad SMARTS) is 2. The number of aliphatic hydroxyl groups is 4. The molecule has 0 aliphatic heterocycles. The third kappa shape index (κ3) is 3.65. The van der Waals surface area contributed by atoms with Crippen LogP contribution in [0.5, 0.6) is 5.75 Å². The van der Waals surface area contributed by atoms with Gasteiger partial charge in [0.2, 0.25) is 0 Å². The van der Waals surface area contributed by atoms with Crippen LogP contribution < -0.4 is 4.74 Å². The summed E-state index contributed by atoms with van der Waals surface area (Å²) in [5, 5.41) is 58.0. The first kappa shape index (κ1) is 21.8. The second-order valence-electron chi connectivity index (χ2n) is 6.57. The van der Waals surface area contributed by atoms with Gasteiger partial charge in [-0.25, -0.2) is 0 Å². The monoisotopic (exact) mass is 372 g/mol. The molecule has 0 aliphatic rings. The van der Waals surface area contributed by atoms with Gasteiger partial charge in [-0.3, -0.25) is 9.59 Å². The summed E-state index contributed by atoms with van der Waals surface area (Å²) in [5.41, 5.74) is -3.62. The average Bonchev–Trinajstić information content (AvgIpc) is 2.64. The smallest absolute Gasteiger partial charge is 0.314 e. The predicted octanol–water partition coefficient (Wildman–Crippen LogP) is -0.0716. The van der Waals surface area contributed by atoms with Crippen LogP contribution in [0.1, 0.15) is 37.2 Å². The van der Waals surface area contributed by atoms with Crippen LogP contribution in [0.3, 0.4) is 0 Å². The molecule has 9 heteroatoms. The first-order valence-electron chi connectivity index (χ1n) is 7.72. The number of benzene rings is 1. The third-order valence-corrected chi connectivity index (χ3v) is 4.71. The quantitative estimate of drug-likeness (QED) is 0.348. The largest absolute Gasteiger partial charge is 0.496 e. The maximum atomic E-state index is 11.4. The van der Waals surface area contributed by atoms with Crippen molar-refractivity contribution in [2.75, 3.05) is 20.3 Å². The molecule has 0 aliphatic carbocycles. The molecule has 0 amide bonds. The van der Waals surface area contributed by atoms with E-state index >= 15 is 0 Å². The minimum atomic E-state index is -1.89. The van der Waals surface area contributed by atoms with Crippen molar-refractivity contribution in [3.8, 4) is 5.75 Å². The standard InChI is InChI=1S/C17H24O9/c1-16(7-18,14(22)23)12(20)9-4-5-10(11(6-9)26-3)13(21)17(2,8-19)15(24)25/h4-6,12-13,18-21H,7-8H2,1-3H3,(H,22,23)(H,24,25). The van der Waals surface area contributed by atoms with Gasteiger partial charge in [0.05, 0.1) is 26.4 Å². The summed E-state index contributed by atoms with van der Waals surface area (Å²) in [6.45, 7) is 0.675. The van der Waals surface area contributed by atoms with E-state index in [0.717, 1.165) is 6.92 Å². The Morgan fingerprint density at radius 2 is 1.46 bits per heavy atom. The van der Waals surface area contributed by atoms with E-state index in [1.54, 1.807) is 0 Å². The molecule has 4 unspecified atom stereocenters. The number of hydrogen-bond acceptors (Lipinski definition) is 7. The molecule has 4 atom stereocenters. The molecule has 0 saturated heterocycles. The number of hydrogen-bond donors (Lipinski definition) is 6. The lowest BCUT2D eigenvalue weighted by molar-refractivity contribution is -0.160. The summed E-state index contributed by atoms with van der Waals surface area (Å²) in [6, 6.07) is 3.82. The zero-order chi connectivity index (χ0) is 20.3. The van der Waals surface area contributed by atoms with Crippen LogP contribution in [-0.2, 0) is 9.59 Å². The summed E-state index contributed by atoms with van der Waals surface area (Å²) in [7, 11) is 1.25. The van der Waals surface area contributed by atoms with Crippen molar-refractivity contribution in [2.45, 2.75) is 26.1 Å². The van der Waals surface area contributed by atoms with Gasteiger partial charge in [-0.05, 0) is 25.5 Å². The Morgan fingerprint density at radius 3 is 1.85 bits per heavy atom. The SMILES string of the molecule is COc1cc(C(O)C(C)(CO)C(=O)O)ccc1C(O)C(C)(CO)C(=O)O. The van der Waals surface area contributed by atoms with Crippen molar-refractivity contribution < 1.29 is 45.0 Å². The van der Waals surface area contributed by atoms with Gasteiger partial charge in [-0.2, -0.15) is 0 Å². The molecule has 6 N–H and O–H groups in total. The van der Waals surface area contributed by atoms with Crippen molar-refractivity contribution in [3.63, 3.8) is 0 Å². The first-order valence-corrected chi connectivity index (χ1v) is 7.72. The van der Waals surface area contributed by atoms with Gasteiger partial charge >= 0.3 is 11.9 Å². The molecule has 9 nitrogen and oxygen atoms in total. The topological polar surface area (TPSA) is 165 Å². The van der Waals surface area contributed by atoms with Gasteiger partial charge in [0, 0.05) is 5.56 Å². The van der Waals surface area contributed by atoms with Crippen molar-refractivity contribution >= 4 is 11.9 Å². The van der Waals surface area contributed by atoms with E-state index in [0.29, 0.717) is 0 Å². The fourth-order valence-corrected chi connectivity index (χ4v) is 2.38. The molecular weight excluding hydrogens is 348 g/mol. The van der Waals surface area contributed by atoms with Gasteiger partial charge in [0.15, 0.2) is 0 Å². The minimum absolute atomic E-state index is 0.000605. The minimum Gasteiger partial charge on any atom is -0.496 e. The molecule has 0 aromatic heterocycles. The molecule has 0 fully saturated rings. The van der Waals surface area contributed by atoms with E-state index in [2.05, 4.69) is 0 Å². The zero-order valence-corrected chi connectivity index (χ0v) is 14.7. The highest BCUT2D eigenvalue weighted by atomic mass is 16.5. The van der Waals surface area contributed by atoms with E-state index in [4.69, 9.17) is 4.74 Å². The Labute approximate surface area is 150 Å². The van der Waals surface area contributed by atoms with Gasteiger partial charge in [0.1, 0.15) is 22.7 Å². The number of aliphatic hydroxyl groups excluding tert-OH is 4. The lowest BCUT2D eigenvalue weighted by Gasteiger charge is -2.31. The fraction of sp³-hybridized carbons (Fsp3) is 0.529. The van der Waals surface area contributed by atoms with E-state index < -0.39 is 48.2 Å². The highest BCUT2D eigenvalue weighted by Gasteiger charge is 2.44. The summed E-state index contributed by atoms with van der Waals surface area (Å²) < 4.78 is 5.13.